The van der Waals surface area contributed by atoms with E-state index in [1.165, 1.54) is 11.3 Å². The maximum atomic E-state index is 13.7. The van der Waals surface area contributed by atoms with Crippen molar-refractivity contribution in [3.05, 3.63) is 15.6 Å². The third-order valence-corrected chi connectivity index (χ3v) is 11.4. The van der Waals surface area contributed by atoms with Crippen molar-refractivity contribution in [3.8, 4) is 0 Å². The van der Waals surface area contributed by atoms with Gasteiger partial charge in [0.2, 0.25) is 17.7 Å². The van der Waals surface area contributed by atoms with E-state index < -0.39 is 0 Å². The summed E-state index contributed by atoms with van der Waals surface area (Å²) in [5.74, 6) is 0.630. The summed E-state index contributed by atoms with van der Waals surface area (Å²) in [4.78, 5) is 64.8. The fourth-order valence-electron chi connectivity index (χ4n) is 7.72. The standard InChI is InChI=1S/C32H50N6O5S/c1-21-31-32(42)37-14-9-23(17-30(41)38-12-4-5-26(38)20-43-3)25(19-37)16-28(40)33-10-6-24-18-36(2)13-8-22(24)15-27(39)34-11-7-29(35-21)44-31/h22-26H,4-20H2,1-3H3,(H,33,40)(H,34,39)/t22-,23-,24-,25-,26+/m0/s1. The summed E-state index contributed by atoms with van der Waals surface area (Å²) >= 11 is 1.40. The molecule has 44 heavy (non-hydrogen) atoms. The topological polar surface area (TPSA) is 124 Å². The highest BCUT2D eigenvalue weighted by atomic mass is 32.1. The van der Waals surface area contributed by atoms with Crippen molar-refractivity contribution in [1.82, 2.24) is 30.3 Å². The van der Waals surface area contributed by atoms with Crippen LogP contribution in [0.25, 0.3) is 0 Å². The minimum atomic E-state index is -0.106. The number of methoxy groups -OCH3 is 1. The molecule has 12 heteroatoms. The molecule has 5 heterocycles. The van der Waals surface area contributed by atoms with Crippen molar-refractivity contribution in [2.75, 3.05) is 66.6 Å². The number of ether oxygens (including phenoxy) is 1. The number of aryl methyl sites for hydroxylation is 1. The smallest absolute Gasteiger partial charge is 0.265 e. The number of nitrogens with one attached hydrogen (secondary N) is 2. The second kappa shape index (κ2) is 15.1. The number of aromatic nitrogens is 1. The van der Waals surface area contributed by atoms with Gasteiger partial charge in [-0.15, -0.1) is 11.3 Å². The molecule has 1 aromatic rings. The van der Waals surface area contributed by atoms with Crippen molar-refractivity contribution in [2.24, 2.45) is 23.7 Å². The fourth-order valence-corrected chi connectivity index (χ4v) is 8.75. The molecule has 3 fully saturated rings. The summed E-state index contributed by atoms with van der Waals surface area (Å²) in [6.07, 6.45) is 6.17. The summed E-state index contributed by atoms with van der Waals surface area (Å²) in [5.41, 5.74) is 0.703. The second-order valence-corrected chi connectivity index (χ2v) is 14.4. The van der Waals surface area contributed by atoms with E-state index in [0.717, 1.165) is 50.3 Å². The first-order valence-electron chi connectivity index (χ1n) is 16.5. The Morgan fingerprint density at radius 2 is 1.73 bits per heavy atom. The maximum Gasteiger partial charge on any atom is 0.265 e. The van der Waals surface area contributed by atoms with Gasteiger partial charge in [0.1, 0.15) is 4.88 Å². The van der Waals surface area contributed by atoms with Crippen LogP contribution < -0.4 is 10.6 Å². The highest BCUT2D eigenvalue weighted by molar-refractivity contribution is 7.13. The summed E-state index contributed by atoms with van der Waals surface area (Å²) in [6.45, 7) is 7.10. The average Bonchev–Trinajstić information content (AvgIpc) is 3.61. The molecule has 5 atom stereocenters. The van der Waals surface area contributed by atoms with Gasteiger partial charge in [-0.05, 0) is 76.3 Å². The van der Waals surface area contributed by atoms with Crippen LogP contribution in [0.3, 0.4) is 0 Å². The largest absolute Gasteiger partial charge is 0.383 e. The zero-order chi connectivity index (χ0) is 31.2. The number of hydrogen-bond acceptors (Lipinski definition) is 8. The fraction of sp³-hybridized carbons (Fsp3) is 0.781. The number of carbonyl (C=O) groups is 4. The molecule has 4 amide bonds. The number of likely N-dealkylation sites (tertiary alicyclic amines) is 2. The van der Waals surface area contributed by atoms with Crippen molar-refractivity contribution in [2.45, 2.75) is 70.8 Å². The quantitative estimate of drug-likeness (QED) is 0.522. The van der Waals surface area contributed by atoms with Crippen LogP contribution in [-0.2, 0) is 25.5 Å². The Kier molecular flexibility index (Phi) is 11.3. The van der Waals surface area contributed by atoms with Crippen LogP contribution in [-0.4, -0.2) is 116 Å². The van der Waals surface area contributed by atoms with Gasteiger partial charge >= 0.3 is 0 Å². The van der Waals surface area contributed by atoms with Crippen LogP contribution in [0.2, 0.25) is 0 Å². The molecule has 0 spiro atoms. The monoisotopic (exact) mass is 630 g/mol. The van der Waals surface area contributed by atoms with E-state index >= 15 is 0 Å². The van der Waals surface area contributed by atoms with Crippen LogP contribution in [0.1, 0.15) is 71.7 Å². The van der Waals surface area contributed by atoms with Crippen molar-refractivity contribution < 1.29 is 23.9 Å². The van der Waals surface area contributed by atoms with Gasteiger partial charge in [0.15, 0.2) is 0 Å². The SMILES string of the molecule is COC[C@H]1CCCN1C(=O)C[C@@H]1CCN2C[C@@H]1CC(=O)NCC[C@H]1CN(C)CC[C@H]1CC(=O)NCCc1nc(C)c(s1)C2=O. The molecule has 4 bridgehead atoms. The molecular formula is C32H50N6O5S. The Morgan fingerprint density at radius 1 is 0.955 bits per heavy atom. The van der Waals surface area contributed by atoms with Crippen LogP contribution in [0, 0.1) is 30.6 Å². The number of carbonyl (C=O) groups excluding carboxylic acids is 4. The zero-order valence-electron chi connectivity index (χ0n) is 26.6. The zero-order valence-corrected chi connectivity index (χ0v) is 27.5. The van der Waals surface area contributed by atoms with Crippen LogP contribution in [0.5, 0.6) is 0 Å². The van der Waals surface area contributed by atoms with Crippen LogP contribution in [0.15, 0.2) is 0 Å². The Balaban J connectivity index is 1.32. The Morgan fingerprint density at radius 3 is 2.52 bits per heavy atom. The molecule has 5 rings (SSSR count). The van der Waals surface area contributed by atoms with Gasteiger partial charge < -0.3 is 30.1 Å². The van der Waals surface area contributed by atoms with Gasteiger partial charge in [0.05, 0.1) is 23.4 Å². The molecular weight excluding hydrogens is 580 g/mol. The first-order valence-corrected chi connectivity index (χ1v) is 17.3. The minimum absolute atomic E-state index is 0.0294. The molecule has 244 valence electrons. The second-order valence-electron chi connectivity index (χ2n) is 13.3. The highest BCUT2D eigenvalue weighted by Crippen LogP contribution is 2.33. The molecule has 2 N–H and O–H groups in total. The van der Waals surface area contributed by atoms with E-state index in [0.29, 0.717) is 75.0 Å². The number of hydrogen-bond donors (Lipinski definition) is 2. The molecule has 0 saturated carbocycles. The maximum absolute atomic E-state index is 13.7. The first kappa shape index (κ1) is 32.8. The Labute approximate surface area is 265 Å². The number of piperidine rings is 2. The molecule has 0 aromatic carbocycles. The van der Waals surface area contributed by atoms with Gasteiger partial charge in [-0.1, -0.05) is 0 Å². The molecule has 0 unspecified atom stereocenters. The number of thiazole rings is 1. The minimum Gasteiger partial charge on any atom is -0.383 e. The number of nitrogens with zero attached hydrogens (tertiary/aromatic N) is 4. The molecule has 0 radical (unpaired) electrons. The molecule has 3 saturated heterocycles. The lowest BCUT2D eigenvalue weighted by atomic mass is 9.80. The van der Waals surface area contributed by atoms with Crippen LogP contribution in [0.4, 0.5) is 0 Å². The van der Waals surface area contributed by atoms with E-state index in [1.807, 2.05) is 16.7 Å². The summed E-state index contributed by atoms with van der Waals surface area (Å²) in [7, 11) is 3.79. The predicted octanol–water partition coefficient (Wildman–Crippen LogP) is 2.08. The summed E-state index contributed by atoms with van der Waals surface area (Å²) in [6, 6.07) is 0.114. The molecule has 4 aliphatic heterocycles. The van der Waals surface area contributed by atoms with Gasteiger partial charge in [-0.3, -0.25) is 19.2 Å². The predicted molar refractivity (Wildman–Crippen MR) is 168 cm³/mol. The number of amides is 4. The lowest BCUT2D eigenvalue weighted by Crippen LogP contribution is -2.47. The van der Waals surface area contributed by atoms with Gasteiger partial charge in [-0.25, -0.2) is 4.98 Å². The summed E-state index contributed by atoms with van der Waals surface area (Å²) < 4.78 is 5.37. The average molecular weight is 631 g/mol. The third-order valence-electron chi connectivity index (χ3n) is 10.2. The summed E-state index contributed by atoms with van der Waals surface area (Å²) in [5, 5.41) is 7.07. The van der Waals surface area contributed by atoms with Gasteiger partial charge in [0.25, 0.3) is 5.91 Å². The van der Waals surface area contributed by atoms with Crippen molar-refractivity contribution in [3.63, 3.8) is 0 Å². The van der Waals surface area contributed by atoms with Gasteiger partial charge in [-0.2, -0.15) is 0 Å². The van der Waals surface area contributed by atoms with Crippen LogP contribution >= 0.6 is 11.3 Å². The first-order chi connectivity index (χ1) is 21.2. The molecule has 1 aromatic heterocycles. The van der Waals surface area contributed by atoms with E-state index in [4.69, 9.17) is 4.74 Å². The van der Waals surface area contributed by atoms with E-state index in [2.05, 4.69) is 27.6 Å². The van der Waals surface area contributed by atoms with Crippen molar-refractivity contribution >= 4 is 35.0 Å². The lowest BCUT2D eigenvalue weighted by molar-refractivity contribution is -0.135. The normalized spacial score (nSPS) is 29.7. The van der Waals surface area contributed by atoms with E-state index in [9.17, 15) is 19.2 Å². The Hall–Kier alpha value is -2.57. The lowest BCUT2D eigenvalue weighted by Gasteiger charge is -2.39. The van der Waals surface area contributed by atoms with Gasteiger partial charge in [0, 0.05) is 72.1 Å². The third kappa shape index (κ3) is 8.17. The molecule has 11 nitrogen and oxygen atoms in total. The Bertz CT molecular complexity index is 1190. The van der Waals surface area contributed by atoms with E-state index in [1.54, 1.807) is 7.11 Å². The highest BCUT2D eigenvalue weighted by Gasteiger charge is 2.38. The van der Waals surface area contributed by atoms with E-state index in [-0.39, 0.29) is 53.8 Å². The number of fused-ring (bicyclic) bond motifs is 5. The molecule has 0 aliphatic carbocycles. The molecule has 4 aliphatic rings. The van der Waals surface area contributed by atoms with Crippen molar-refractivity contribution in [1.29, 1.82) is 0 Å². The number of rotatable bonds is 4.